The number of halogens is 2. The van der Waals surface area contributed by atoms with Gasteiger partial charge in [-0.05, 0) is 25.1 Å². The Bertz CT molecular complexity index is 712. The normalized spacial score (nSPS) is 10.2. The van der Waals surface area contributed by atoms with Crippen molar-refractivity contribution in [1.82, 2.24) is 0 Å². The van der Waals surface area contributed by atoms with Crippen molar-refractivity contribution in [2.24, 2.45) is 0 Å². The first-order valence-corrected chi connectivity index (χ1v) is 5.90. The Morgan fingerprint density at radius 3 is 2.38 bits per heavy atom. The molecule has 0 radical (unpaired) electrons. The van der Waals surface area contributed by atoms with E-state index >= 15 is 0 Å². The van der Waals surface area contributed by atoms with Gasteiger partial charge in [-0.1, -0.05) is 12.1 Å². The van der Waals surface area contributed by atoms with Gasteiger partial charge in [0.05, 0.1) is 4.92 Å². The third-order valence-corrected chi connectivity index (χ3v) is 2.87. The summed E-state index contributed by atoms with van der Waals surface area (Å²) in [5.74, 6) is -2.68. The first-order chi connectivity index (χ1) is 9.90. The number of nitrogens with one attached hydrogen (secondary N) is 1. The molecule has 108 valence electrons. The van der Waals surface area contributed by atoms with Crippen molar-refractivity contribution >= 4 is 17.3 Å². The highest BCUT2D eigenvalue weighted by Crippen LogP contribution is 2.22. The zero-order valence-electron chi connectivity index (χ0n) is 10.9. The van der Waals surface area contributed by atoms with Crippen LogP contribution in [0.2, 0.25) is 0 Å². The molecule has 1 N–H and O–H groups in total. The Morgan fingerprint density at radius 2 is 1.81 bits per heavy atom. The van der Waals surface area contributed by atoms with Crippen LogP contribution in [0.25, 0.3) is 0 Å². The molecule has 0 aromatic heterocycles. The van der Waals surface area contributed by atoms with Gasteiger partial charge in [0, 0.05) is 17.2 Å². The van der Waals surface area contributed by atoms with Crippen molar-refractivity contribution in [1.29, 1.82) is 0 Å². The van der Waals surface area contributed by atoms with Crippen LogP contribution in [0.3, 0.4) is 0 Å². The first-order valence-electron chi connectivity index (χ1n) is 5.90. The molecule has 0 fully saturated rings. The molecule has 0 atom stereocenters. The largest absolute Gasteiger partial charge is 0.317 e. The Hall–Kier alpha value is -2.83. The molecule has 2 rings (SSSR count). The number of para-hydroxylation sites is 1. The summed E-state index contributed by atoms with van der Waals surface area (Å²) in [6, 6.07) is 6.95. The van der Waals surface area contributed by atoms with Crippen molar-refractivity contribution in [3.8, 4) is 0 Å². The van der Waals surface area contributed by atoms with E-state index < -0.39 is 28.2 Å². The molecule has 0 saturated heterocycles. The number of carbonyl (C=O) groups is 1. The van der Waals surface area contributed by atoms with Gasteiger partial charge in [0.2, 0.25) is 0 Å². The molecule has 2 aromatic rings. The second-order valence-electron chi connectivity index (χ2n) is 4.31. The van der Waals surface area contributed by atoms with Gasteiger partial charge < -0.3 is 5.32 Å². The van der Waals surface area contributed by atoms with E-state index in [1.165, 1.54) is 19.1 Å². The predicted molar refractivity (Wildman–Crippen MR) is 72.1 cm³/mol. The lowest BCUT2D eigenvalue weighted by molar-refractivity contribution is -0.385. The van der Waals surface area contributed by atoms with E-state index in [1.54, 1.807) is 0 Å². The summed E-state index contributed by atoms with van der Waals surface area (Å²) in [4.78, 5) is 22.1. The van der Waals surface area contributed by atoms with E-state index in [-0.39, 0.29) is 11.3 Å². The zero-order valence-corrected chi connectivity index (χ0v) is 10.9. The van der Waals surface area contributed by atoms with Crippen LogP contribution in [0.4, 0.5) is 20.2 Å². The van der Waals surface area contributed by atoms with E-state index in [2.05, 4.69) is 5.32 Å². The van der Waals surface area contributed by atoms with Crippen LogP contribution in [0.15, 0.2) is 36.4 Å². The summed E-state index contributed by atoms with van der Waals surface area (Å²) in [7, 11) is 0. The highest BCUT2D eigenvalue weighted by molar-refractivity contribution is 6.04. The van der Waals surface area contributed by atoms with E-state index in [0.29, 0.717) is 5.56 Å². The molecule has 0 bridgehead atoms. The van der Waals surface area contributed by atoms with Gasteiger partial charge in [0.25, 0.3) is 11.6 Å². The Kier molecular flexibility index (Phi) is 3.93. The molecule has 0 heterocycles. The van der Waals surface area contributed by atoms with Crippen molar-refractivity contribution in [2.45, 2.75) is 6.92 Å². The summed E-state index contributed by atoms with van der Waals surface area (Å²) in [5, 5.41) is 12.9. The number of nitrogens with zero attached hydrogens (tertiary/aromatic N) is 1. The number of hydrogen-bond acceptors (Lipinski definition) is 3. The molecule has 1 amide bonds. The molecule has 21 heavy (non-hydrogen) atoms. The number of nitro groups is 1. The average molecular weight is 292 g/mol. The van der Waals surface area contributed by atoms with Crippen LogP contribution < -0.4 is 5.32 Å². The maximum atomic E-state index is 13.4. The molecule has 2 aromatic carbocycles. The molecule has 0 aliphatic rings. The number of hydrogen-bond donors (Lipinski definition) is 1. The number of aryl methyl sites for hydroxylation is 1. The fraction of sp³-hybridized carbons (Fsp3) is 0.0714. The van der Waals surface area contributed by atoms with Crippen LogP contribution in [0.1, 0.15) is 15.9 Å². The molecular weight excluding hydrogens is 282 g/mol. The number of amides is 1. The lowest BCUT2D eigenvalue weighted by Gasteiger charge is -2.08. The minimum Gasteiger partial charge on any atom is -0.317 e. The van der Waals surface area contributed by atoms with Gasteiger partial charge in [0.1, 0.15) is 17.3 Å². The van der Waals surface area contributed by atoms with Gasteiger partial charge in [-0.2, -0.15) is 0 Å². The van der Waals surface area contributed by atoms with E-state index in [9.17, 15) is 23.7 Å². The highest BCUT2D eigenvalue weighted by Gasteiger charge is 2.17. The average Bonchev–Trinajstić information content (AvgIpc) is 2.43. The third-order valence-electron chi connectivity index (χ3n) is 2.87. The van der Waals surface area contributed by atoms with Crippen molar-refractivity contribution < 1.29 is 18.5 Å². The number of benzene rings is 2. The molecule has 0 unspecified atom stereocenters. The van der Waals surface area contributed by atoms with Crippen LogP contribution >= 0.6 is 0 Å². The van der Waals surface area contributed by atoms with Crippen molar-refractivity contribution in [3.05, 3.63) is 69.3 Å². The van der Waals surface area contributed by atoms with Crippen LogP contribution in [-0.2, 0) is 0 Å². The number of anilines is 1. The second-order valence-corrected chi connectivity index (χ2v) is 4.31. The molecule has 7 heteroatoms. The van der Waals surface area contributed by atoms with E-state index in [0.717, 1.165) is 24.3 Å². The van der Waals surface area contributed by atoms with Gasteiger partial charge in [0.15, 0.2) is 0 Å². The summed E-state index contributed by atoms with van der Waals surface area (Å²) < 4.78 is 26.9. The van der Waals surface area contributed by atoms with Crippen molar-refractivity contribution in [2.75, 3.05) is 5.32 Å². The summed E-state index contributed by atoms with van der Waals surface area (Å²) in [5.41, 5.74) is -0.508. The minimum absolute atomic E-state index is 0.0602. The van der Waals surface area contributed by atoms with Gasteiger partial charge in [-0.15, -0.1) is 0 Å². The number of carbonyl (C=O) groups excluding carboxylic acids is 1. The number of nitro benzene ring substituents is 1. The predicted octanol–water partition coefficient (Wildman–Crippen LogP) is 3.43. The van der Waals surface area contributed by atoms with Crippen LogP contribution in [0.5, 0.6) is 0 Å². The summed E-state index contributed by atoms with van der Waals surface area (Å²) in [6.45, 7) is 1.52. The smallest absolute Gasteiger partial charge is 0.273 e. The Morgan fingerprint density at radius 1 is 1.19 bits per heavy atom. The lowest BCUT2D eigenvalue weighted by atomic mass is 10.1. The zero-order chi connectivity index (χ0) is 15.6. The Labute approximate surface area is 118 Å². The van der Waals surface area contributed by atoms with Crippen LogP contribution in [0, 0.1) is 28.7 Å². The molecule has 0 saturated carbocycles. The van der Waals surface area contributed by atoms with E-state index in [1.807, 2.05) is 0 Å². The monoisotopic (exact) mass is 292 g/mol. The molecule has 0 aliphatic heterocycles. The quantitative estimate of drug-likeness (QED) is 0.695. The van der Waals surface area contributed by atoms with Crippen LogP contribution in [-0.4, -0.2) is 10.8 Å². The lowest BCUT2D eigenvalue weighted by Crippen LogP contribution is -2.14. The molecule has 0 spiro atoms. The molecule has 5 nitrogen and oxygen atoms in total. The Balaban J connectivity index is 2.33. The van der Waals surface area contributed by atoms with Gasteiger partial charge >= 0.3 is 0 Å². The third kappa shape index (κ3) is 3.02. The minimum atomic E-state index is -0.926. The van der Waals surface area contributed by atoms with E-state index in [4.69, 9.17) is 0 Å². The fourth-order valence-electron chi connectivity index (χ4n) is 1.75. The highest BCUT2D eigenvalue weighted by atomic mass is 19.1. The maximum absolute atomic E-state index is 13.4. The molecular formula is C14H10F2N2O3. The van der Waals surface area contributed by atoms with Gasteiger partial charge in [-0.25, -0.2) is 8.78 Å². The fourth-order valence-corrected chi connectivity index (χ4v) is 1.75. The molecule has 0 aliphatic carbocycles. The summed E-state index contributed by atoms with van der Waals surface area (Å²) in [6.07, 6.45) is 0. The maximum Gasteiger partial charge on any atom is 0.273 e. The standard InChI is InChI=1S/C14H10F2N2O3/c1-8-5-6-9(7-12(8)18(20)21)14(19)17-13-10(15)3-2-4-11(13)16/h2-7H,1H3,(H,17,19). The van der Waals surface area contributed by atoms with Gasteiger partial charge in [-0.3, -0.25) is 14.9 Å². The number of rotatable bonds is 3. The summed E-state index contributed by atoms with van der Waals surface area (Å²) >= 11 is 0. The SMILES string of the molecule is Cc1ccc(C(=O)Nc2c(F)cccc2F)cc1[N+](=O)[O-]. The van der Waals surface area contributed by atoms with Crippen molar-refractivity contribution in [3.63, 3.8) is 0 Å². The second kappa shape index (κ2) is 5.66. The first kappa shape index (κ1) is 14.6. The topological polar surface area (TPSA) is 72.2 Å².